The lowest BCUT2D eigenvalue weighted by atomic mass is 10.4. The van der Waals surface area contributed by atoms with Crippen LogP contribution < -0.4 is 5.32 Å². The molecule has 0 spiro atoms. The molecule has 230 valence electrons. The van der Waals surface area contributed by atoms with Crippen LogP contribution in [0.3, 0.4) is 0 Å². The van der Waals surface area contributed by atoms with Gasteiger partial charge in [-0.2, -0.15) is 0 Å². The Labute approximate surface area is 236 Å². The Morgan fingerprint density at radius 3 is 1.95 bits per heavy atom. The maximum atomic E-state index is 13.2. The number of rotatable bonds is 15. The highest BCUT2D eigenvalue weighted by Crippen LogP contribution is 2.48. The Bertz CT molecular complexity index is 1170. The van der Waals surface area contributed by atoms with Crippen LogP contribution >= 0.6 is 7.60 Å². The van der Waals surface area contributed by atoms with Crippen molar-refractivity contribution in [2.45, 2.75) is 79.4 Å². The van der Waals surface area contributed by atoms with Gasteiger partial charge in [-0.05, 0) is 48.5 Å². The van der Waals surface area contributed by atoms with Crippen molar-refractivity contribution < 1.29 is 56.4 Å². The summed E-state index contributed by atoms with van der Waals surface area (Å²) >= 11 is 0. The van der Waals surface area contributed by atoms with E-state index >= 15 is 0 Å². The van der Waals surface area contributed by atoms with Gasteiger partial charge in [-0.3, -0.25) is 18.9 Å². The normalized spacial score (nSPS) is 12.4. The second-order valence-corrected chi connectivity index (χ2v) is 11.2. The molecule has 0 fully saturated rings. The van der Waals surface area contributed by atoms with Crippen LogP contribution in [0.4, 0.5) is 20.2 Å². The molecule has 0 saturated carbocycles. The van der Waals surface area contributed by atoms with E-state index in [1.54, 1.807) is 53.0 Å². The van der Waals surface area contributed by atoms with Crippen molar-refractivity contribution >= 4 is 43.0 Å². The maximum absolute atomic E-state index is 13.2. The molecule has 18 heteroatoms. The number of hydrogen-bond donors (Lipinski definition) is 1. The number of imidazole rings is 1. The van der Waals surface area contributed by atoms with Crippen LogP contribution in [0.2, 0.25) is 0 Å². The van der Waals surface area contributed by atoms with Crippen LogP contribution in [0.25, 0.3) is 11.2 Å². The van der Waals surface area contributed by atoms with Crippen molar-refractivity contribution in [2.24, 2.45) is 0 Å². The van der Waals surface area contributed by atoms with Gasteiger partial charge in [0.15, 0.2) is 17.0 Å². The van der Waals surface area contributed by atoms with Crippen molar-refractivity contribution in [3.8, 4) is 0 Å². The van der Waals surface area contributed by atoms with Crippen molar-refractivity contribution in [3.63, 3.8) is 0 Å². The van der Waals surface area contributed by atoms with Gasteiger partial charge in [-0.15, -0.1) is 0 Å². The standard InChI is InChI=1S/C23H36N5O12P/c1-14(2)38-21(29)27-19-18-20(25-9-24-19)28(10-26-18)8-17(7)35-13-41(32,36-11-33-22(30)39-15(3)4)37-12-34-23(31)40-16(5)6/h9-10,14-17H,8,11-13H2,1-7H3,(H,24,25,27,29)/t17-/m0/s1. The van der Waals surface area contributed by atoms with E-state index in [4.69, 9.17) is 37.5 Å². The Morgan fingerprint density at radius 1 is 0.854 bits per heavy atom. The lowest BCUT2D eigenvalue weighted by molar-refractivity contribution is -0.0369. The third-order valence-electron chi connectivity index (χ3n) is 4.45. The van der Waals surface area contributed by atoms with Crippen LogP contribution in [-0.4, -0.2) is 82.3 Å². The molecule has 0 radical (unpaired) electrons. The Hall–Kier alpha value is -3.53. The van der Waals surface area contributed by atoms with E-state index in [2.05, 4.69) is 20.3 Å². The van der Waals surface area contributed by atoms with E-state index < -0.39 is 64.2 Å². The zero-order valence-corrected chi connectivity index (χ0v) is 24.8. The van der Waals surface area contributed by atoms with Gasteiger partial charge in [0.2, 0.25) is 13.6 Å². The second kappa shape index (κ2) is 16.0. The largest absolute Gasteiger partial charge is 0.510 e. The molecule has 2 aromatic heterocycles. The molecule has 0 aliphatic rings. The highest BCUT2D eigenvalue weighted by Gasteiger charge is 2.29. The van der Waals surface area contributed by atoms with E-state index in [1.165, 1.54) is 12.7 Å². The Balaban J connectivity index is 2.02. The fourth-order valence-electron chi connectivity index (χ4n) is 2.87. The minimum Gasteiger partial charge on any atom is -0.447 e. The zero-order valence-electron chi connectivity index (χ0n) is 23.9. The van der Waals surface area contributed by atoms with Gasteiger partial charge in [0, 0.05) is 0 Å². The second-order valence-electron chi connectivity index (χ2n) is 9.20. The van der Waals surface area contributed by atoms with Gasteiger partial charge >= 0.3 is 26.0 Å². The van der Waals surface area contributed by atoms with Gasteiger partial charge < -0.3 is 33.0 Å². The first kappa shape index (κ1) is 33.7. The average Bonchev–Trinajstić information content (AvgIpc) is 3.25. The monoisotopic (exact) mass is 605 g/mol. The molecule has 0 unspecified atom stereocenters. The van der Waals surface area contributed by atoms with E-state index in [9.17, 15) is 18.9 Å². The molecule has 0 bridgehead atoms. The lowest BCUT2D eigenvalue weighted by Gasteiger charge is -2.21. The summed E-state index contributed by atoms with van der Waals surface area (Å²) in [5.41, 5.74) is 0.703. The van der Waals surface area contributed by atoms with Gasteiger partial charge in [-0.1, -0.05) is 0 Å². The fraction of sp³-hybridized carbons (Fsp3) is 0.652. The van der Waals surface area contributed by atoms with Crippen molar-refractivity contribution in [3.05, 3.63) is 12.7 Å². The van der Waals surface area contributed by atoms with E-state index in [0.717, 1.165) is 0 Å². The maximum Gasteiger partial charge on any atom is 0.510 e. The molecule has 1 atom stereocenters. The molecule has 1 amide bonds. The first-order valence-electron chi connectivity index (χ1n) is 12.6. The number of aromatic nitrogens is 4. The van der Waals surface area contributed by atoms with Crippen molar-refractivity contribution in [1.82, 2.24) is 19.5 Å². The summed E-state index contributed by atoms with van der Waals surface area (Å²) in [5.74, 6) is 0.159. The zero-order chi connectivity index (χ0) is 30.6. The number of carbonyl (C=O) groups excluding carboxylic acids is 3. The number of nitrogens with one attached hydrogen (secondary N) is 1. The molecule has 0 saturated heterocycles. The predicted molar refractivity (Wildman–Crippen MR) is 141 cm³/mol. The summed E-state index contributed by atoms with van der Waals surface area (Å²) in [5, 5.41) is 2.52. The molecule has 0 aromatic carbocycles. The molecule has 2 rings (SSSR count). The Morgan fingerprint density at radius 2 is 1.41 bits per heavy atom. The highest BCUT2D eigenvalue weighted by molar-refractivity contribution is 7.53. The van der Waals surface area contributed by atoms with E-state index in [-0.39, 0.29) is 18.5 Å². The Kier molecular flexibility index (Phi) is 13.2. The molecule has 0 aliphatic carbocycles. The van der Waals surface area contributed by atoms with Gasteiger partial charge in [-0.25, -0.2) is 29.3 Å². The van der Waals surface area contributed by atoms with E-state index in [0.29, 0.717) is 11.2 Å². The quantitative estimate of drug-likeness (QED) is 0.129. The third-order valence-corrected chi connectivity index (χ3v) is 5.91. The molecule has 2 heterocycles. The fourth-order valence-corrected chi connectivity index (χ4v) is 3.96. The summed E-state index contributed by atoms with van der Waals surface area (Å²) in [7, 11) is -4.13. The van der Waals surface area contributed by atoms with Crippen LogP contribution in [-0.2, 0) is 48.6 Å². The molecular formula is C23H36N5O12P. The average molecular weight is 606 g/mol. The summed E-state index contributed by atoms with van der Waals surface area (Å²) in [4.78, 5) is 47.7. The van der Waals surface area contributed by atoms with Crippen molar-refractivity contribution in [2.75, 3.05) is 25.3 Å². The summed E-state index contributed by atoms with van der Waals surface area (Å²) in [6.07, 6.45) is -2.48. The van der Waals surface area contributed by atoms with Crippen LogP contribution in [0.5, 0.6) is 0 Å². The predicted octanol–water partition coefficient (Wildman–Crippen LogP) is 4.41. The van der Waals surface area contributed by atoms with Crippen LogP contribution in [0.15, 0.2) is 12.7 Å². The number of carbonyl (C=O) groups is 3. The summed E-state index contributed by atoms with van der Waals surface area (Å²) < 4.78 is 55.0. The molecule has 2 aromatic rings. The highest BCUT2D eigenvalue weighted by atomic mass is 31.2. The number of nitrogens with zero attached hydrogens (tertiary/aromatic N) is 4. The van der Waals surface area contributed by atoms with E-state index in [1.807, 2.05) is 0 Å². The number of fused-ring (bicyclic) bond motifs is 1. The minimum absolute atomic E-state index is 0.159. The number of hydrogen-bond acceptors (Lipinski definition) is 15. The molecule has 0 aliphatic heterocycles. The topological polar surface area (TPSA) is 198 Å². The van der Waals surface area contributed by atoms with Crippen LogP contribution in [0, 0.1) is 0 Å². The van der Waals surface area contributed by atoms with Crippen LogP contribution in [0.1, 0.15) is 48.5 Å². The van der Waals surface area contributed by atoms with Gasteiger partial charge in [0.1, 0.15) is 12.7 Å². The lowest BCUT2D eigenvalue weighted by Crippen LogP contribution is -2.20. The number of amides is 1. The number of ether oxygens (including phenoxy) is 6. The molecule has 41 heavy (non-hydrogen) atoms. The van der Waals surface area contributed by atoms with Gasteiger partial charge in [0.05, 0.1) is 37.3 Å². The smallest absolute Gasteiger partial charge is 0.447 e. The molecular weight excluding hydrogens is 569 g/mol. The van der Waals surface area contributed by atoms with Crippen molar-refractivity contribution in [1.29, 1.82) is 0 Å². The third kappa shape index (κ3) is 12.3. The van der Waals surface area contributed by atoms with Gasteiger partial charge in [0.25, 0.3) is 0 Å². The first-order chi connectivity index (χ1) is 19.3. The number of anilines is 1. The summed E-state index contributed by atoms with van der Waals surface area (Å²) in [6, 6.07) is 0. The SMILES string of the molecule is CC(C)OC(=O)Nc1ncnc2c1ncn2C[C@H](C)OCP(=O)(OCOC(=O)OC(C)C)OCOC(=O)OC(C)C. The minimum atomic E-state index is -4.13. The first-order valence-corrected chi connectivity index (χ1v) is 14.3. The molecule has 1 N–H and O–H groups in total. The molecule has 17 nitrogen and oxygen atoms in total. The summed E-state index contributed by atoms with van der Waals surface area (Å²) in [6.45, 7) is 10.2.